The van der Waals surface area contributed by atoms with E-state index in [2.05, 4.69) is 0 Å². The van der Waals surface area contributed by atoms with E-state index in [9.17, 15) is 9.59 Å². The lowest BCUT2D eigenvalue weighted by molar-refractivity contribution is -0.133. The van der Waals surface area contributed by atoms with Crippen molar-refractivity contribution < 1.29 is 14.3 Å². The van der Waals surface area contributed by atoms with Gasteiger partial charge in [0, 0.05) is 23.7 Å². The van der Waals surface area contributed by atoms with Crippen molar-refractivity contribution in [3.8, 4) is 0 Å². The third-order valence-corrected chi connectivity index (χ3v) is 3.59. The number of amides is 3. The summed E-state index contributed by atoms with van der Waals surface area (Å²) in [5.41, 5.74) is 0.343. The van der Waals surface area contributed by atoms with Crippen LogP contribution in [0.4, 0.5) is 10.5 Å². The van der Waals surface area contributed by atoms with Gasteiger partial charge in [-0.2, -0.15) is 0 Å². The third-order valence-electron chi connectivity index (χ3n) is 3.16. The Bertz CT molecular complexity index is 545. The largest absolute Gasteiger partial charge is 0.349 e. The fraction of sp³-hybridized carbons (Fsp3) is 0.429. The van der Waals surface area contributed by atoms with E-state index in [1.807, 2.05) is 6.92 Å². The van der Waals surface area contributed by atoms with Crippen LogP contribution in [0, 0.1) is 0 Å². The molecule has 0 bridgehead atoms. The van der Waals surface area contributed by atoms with Crippen LogP contribution in [-0.4, -0.2) is 36.7 Å². The maximum Gasteiger partial charge on any atom is 0.333 e. The zero-order valence-electron chi connectivity index (χ0n) is 11.8. The Balaban J connectivity index is 2.24. The lowest BCUT2D eigenvalue weighted by Gasteiger charge is -2.16. The second-order valence-corrected chi connectivity index (χ2v) is 5.64. The molecule has 3 amide bonds. The molecule has 1 aliphatic heterocycles. The number of rotatable bonds is 5. The van der Waals surface area contributed by atoms with E-state index in [0.29, 0.717) is 22.3 Å². The molecule has 0 saturated carbocycles. The minimum atomic E-state index is -0.901. The van der Waals surface area contributed by atoms with E-state index in [1.54, 1.807) is 0 Å². The maximum absolute atomic E-state index is 12.4. The van der Waals surface area contributed by atoms with Crippen LogP contribution < -0.4 is 4.90 Å². The van der Waals surface area contributed by atoms with Crippen molar-refractivity contribution in [3.63, 3.8) is 0 Å². The Morgan fingerprint density at radius 3 is 2.38 bits per heavy atom. The van der Waals surface area contributed by atoms with E-state index in [1.165, 1.54) is 30.1 Å². The Morgan fingerprint density at radius 2 is 1.81 bits per heavy atom. The normalized spacial score (nSPS) is 18.8. The van der Waals surface area contributed by atoms with Gasteiger partial charge < -0.3 is 4.74 Å². The van der Waals surface area contributed by atoms with Crippen molar-refractivity contribution in [2.24, 2.45) is 0 Å². The van der Waals surface area contributed by atoms with Crippen LogP contribution in [0.25, 0.3) is 0 Å². The zero-order chi connectivity index (χ0) is 15.6. The molecule has 1 saturated heterocycles. The SMILES string of the molecule is CCCCOC1C(=O)N(c2cc(Cl)cc(Cl)c2)C(=O)N1C. The molecular formula is C14H16Cl2N2O3. The molecule has 1 heterocycles. The van der Waals surface area contributed by atoms with Gasteiger partial charge in [-0.25, -0.2) is 9.69 Å². The molecule has 1 aromatic rings. The maximum atomic E-state index is 12.4. The molecule has 0 spiro atoms. The predicted octanol–water partition coefficient (Wildman–Crippen LogP) is 3.53. The topological polar surface area (TPSA) is 49.9 Å². The molecule has 1 atom stereocenters. The van der Waals surface area contributed by atoms with Crippen LogP contribution in [0.5, 0.6) is 0 Å². The number of imide groups is 1. The van der Waals surface area contributed by atoms with Crippen LogP contribution in [0.1, 0.15) is 19.8 Å². The number of ether oxygens (including phenoxy) is 1. The zero-order valence-corrected chi connectivity index (χ0v) is 13.3. The van der Waals surface area contributed by atoms with Gasteiger partial charge in [0.1, 0.15) is 0 Å². The number of carbonyl (C=O) groups excluding carboxylic acids is 2. The van der Waals surface area contributed by atoms with Gasteiger partial charge in [0.15, 0.2) is 0 Å². The summed E-state index contributed by atoms with van der Waals surface area (Å²) >= 11 is 11.8. The fourth-order valence-electron chi connectivity index (χ4n) is 2.06. The summed E-state index contributed by atoms with van der Waals surface area (Å²) in [6.07, 6.45) is 0.878. The standard InChI is InChI=1S/C14H16Cl2N2O3/c1-3-4-5-21-13-12(19)18(14(20)17(13)2)11-7-9(15)6-10(16)8-11/h6-8,13H,3-5H2,1-2H3. The van der Waals surface area contributed by atoms with Gasteiger partial charge in [-0.05, 0) is 24.6 Å². The number of urea groups is 1. The summed E-state index contributed by atoms with van der Waals surface area (Å²) in [5.74, 6) is -0.433. The van der Waals surface area contributed by atoms with Crippen LogP contribution in [0.15, 0.2) is 18.2 Å². The van der Waals surface area contributed by atoms with E-state index in [-0.39, 0.29) is 0 Å². The predicted molar refractivity (Wildman–Crippen MR) is 81.8 cm³/mol. The summed E-state index contributed by atoms with van der Waals surface area (Å²) in [7, 11) is 1.53. The number of likely N-dealkylation sites (N-methyl/N-ethyl adjacent to an activating group) is 1. The molecule has 0 radical (unpaired) electrons. The summed E-state index contributed by atoms with van der Waals surface area (Å²) in [4.78, 5) is 26.9. The Morgan fingerprint density at radius 1 is 1.19 bits per heavy atom. The first-order valence-corrected chi connectivity index (χ1v) is 7.39. The summed E-state index contributed by atoms with van der Waals surface area (Å²) in [6.45, 7) is 2.45. The molecule has 114 valence electrons. The molecule has 1 unspecified atom stereocenters. The highest BCUT2D eigenvalue weighted by molar-refractivity contribution is 6.35. The highest BCUT2D eigenvalue weighted by Gasteiger charge is 2.44. The highest BCUT2D eigenvalue weighted by Crippen LogP contribution is 2.30. The Hall–Kier alpha value is -1.30. The van der Waals surface area contributed by atoms with Crippen LogP contribution in [0.3, 0.4) is 0 Å². The molecule has 1 fully saturated rings. The molecule has 2 rings (SSSR count). The number of halogens is 2. The smallest absolute Gasteiger partial charge is 0.333 e. The highest BCUT2D eigenvalue weighted by atomic mass is 35.5. The van der Waals surface area contributed by atoms with Crippen molar-refractivity contribution in [2.75, 3.05) is 18.6 Å². The van der Waals surface area contributed by atoms with Gasteiger partial charge in [-0.1, -0.05) is 36.5 Å². The molecule has 0 N–H and O–H groups in total. The Labute approximate surface area is 133 Å². The number of unbranched alkanes of at least 4 members (excludes halogenated alkanes) is 1. The second kappa shape index (κ2) is 6.64. The molecule has 0 aliphatic carbocycles. The average Bonchev–Trinajstić information content (AvgIpc) is 2.61. The van der Waals surface area contributed by atoms with Crippen LogP contribution >= 0.6 is 23.2 Å². The first-order chi connectivity index (χ1) is 9.95. The summed E-state index contributed by atoms with van der Waals surface area (Å²) in [5, 5.41) is 0.715. The first-order valence-electron chi connectivity index (χ1n) is 6.64. The molecule has 7 heteroatoms. The number of nitrogens with zero attached hydrogens (tertiary/aromatic N) is 2. The minimum Gasteiger partial charge on any atom is -0.349 e. The van der Waals surface area contributed by atoms with Crippen molar-refractivity contribution in [1.82, 2.24) is 4.90 Å². The van der Waals surface area contributed by atoms with Crippen molar-refractivity contribution in [3.05, 3.63) is 28.2 Å². The number of hydrogen-bond donors (Lipinski definition) is 0. The average molecular weight is 331 g/mol. The van der Waals surface area contributed by atoms with Gasteiger partial charge in [0.25, 0.3) is 5.91 Å². The molecule has 21 heavy (non-hydrogen) atoms. The van der Waals surface area contributed by atoms with Crippen molar-refractivity contribution in [2.45, 2.75) is 26.0 Å². The number of hydrogen-bond acceptors (Lipinski definition) is 3. The van der Waals surface area contributed by atoms with E-state index >= 15 is 0 Å². The summed E-state index contributed by atoms with van der Waals surface area (Å²) in [6, 6.07) is 4.12. The second-order valence-electron chi connectivity index (χ2n) is 4.77. The Kier molecular flexibility index (Phi) is 5.08. The monoisotopic (exact) mass is 330 g/mol. The van der Waals surface area contributed by atoms with Crippen LogP contribution in [-0.2, 0) is 9.53 Å². The molecule has 1 aliphatic rings. The molecular weight excluding hydrogens is 315 g/mol. The quantitative estimate of drug-likeness (QED) is 0.613. The molecule has 5 nitrogen and oxygen atoms in total. The van der Waals surface area contributed by atoms with Gasteiger partial charge in [0.2, 0.25) is 6.23 Å². The van der Waals surface area contributed by atoms with E-state index < -0.39 is 18.2 Å². The van der Waals surface area contributed by atoms with Gasteiger partial charge in [-0.15, -0.1) is 0 Å². The first kappa shape index (κ1) is 16.1. The third kappa shape index (κ3) is 3.31. The van der Waals surface area contributed by atoms with Crippen molar-refractivity contribution in [1.29, 1.82) is 0 Å². The molecule has 1 aromatic carbocycles. The number of anilines is 1. The number of carbonyl (C=O) groups is 2. The molecule has 0 aromatic heterocycles. The van der Waals surface area contributed by atoms with Crippen molar-refractivity contribution >= 4 is 40.8 Å². The fourth-order valence-corrected chi connectivity index (χ4v) is 2.57. The van der Waals surface area contributed by atoms with E-state index in [0.717, 1.165) is 17.7 Å². The lowest BCUT2D eigenvalue weighted by atomic mass is 10.3. The summed E-state index contributed by atoms with van der Waals surface area (Å²) < 4.78 is 5.50. The lowest BCUT2D eigenvalue weighted by Crippen LogP contribution is -2.34. The number of benzene rings is 1. The van der Waals surface area contributed by atoms with Gasteiger partial charge in [0.05, 0.1) is 5.69 Å². The van der Waals surface area contributed by atoms with E-state index in [4.69, 9.17) is 27.9 Å². The van der Waals surface area contributed by atoms with Gasteiger partial charge in [-0.3, -0.25) is 9.69 Å². The minimum absolute atomic E-state index is 0.343. The van der Waals surface area contributed by atoms with Gasteiger partial charge >= 0.3 is 6.03 Å². The van der Waals surface area contributed by atoms with Crippen LogP contribution in [0.2, 0.25) is 10.0 Å².